The van der Waals surface area contributed by atoms with Crippen LogP contribution in [0.5, 0.6) is 0 Å². The first-order valence-electron chi connectivity index (χ1n) is 8.06. The fourth-order valence-corrected chi connectivity index (χ4v) is 4.18. The van der Waals surface area contributed by atoms with E-state index in [4.69, 9.17) is 0 Å². The Morgan fingerprint density at radius 1 is 1.25 bits per heavy atom. The van der Waals surface area contributed by atoms with Crippen LogP contribution < -0.4 is 5.32 Å². The van der Waals surface area contributed by atoms with Gasteiger partial charge in [0.05, 0.1) is 0 Å². The maximum absolute atomic E-state index is 3.83. The maximum atomic E-state index is 3.83. The number of likely N-dealkylation sites (tertiary alicyclic amines) is 1. The molecule has 0 spiro atoms. The second-order valence-electron chi connectivity index (χ2n) is 6.75. The first-order chi connectivity index (χ1) is 9.52. The molecule has 1 aliphatic rings. The Morgan fingerprint density at radius 3 is 2.50 bits per heavy atom. The summed E-state index contributed by atoms with van der Waals surface area (Å²) in [5, 5.41) is 3.83. The molecule has 1 unspecified atom stereocenters. The average Bonchev–Trinajstić information content (AvgIpc) is 2.76. The van der Waals surface area contributed by atoms with Crippen molar-refractivity contribution >= 4 is 11.3 Å². The molecule has 0 saturated carbocycles. The van der Waals surface area contributed by atoms with E-state index in [1.807, 2.05) is 11.3 Å². The summed E-state index contributed by atoms with van der Waals surface area (Å²) in [4.78, 5) is 5.56. The molecule has 0 aliphatic carbocycles. The molecule has 0 radical (unpaired) electrons. The molecule has 1 aliphatic heterocycles. The Labute approximate surface area is 128 Å². The standard InChI is InChI=1S/C17H30N2S/c1-13(2)12-19-9-7-16(8-10-19)18-14(3)11-17-6-5-15(4)20-17/h5-6,13-14,16,18H,7-12H2,1-4H3. The summed E-state index contributed by atoms with van der Waals surface area (Å²) < 4.78 is 0. The van der Waals surface area contributed by atoms with Crippen molar-refractivity contribution < 1.29 is 0 Å². The molecular weight excluding hydrogens is 264 g/mol. The van der Waals surface area contributed by atoms with E-state index in [9.17, 15) is 0 Å². The molecule has 114 valence electrons. The summed E-state index contributed by atoms with van der Waals surface area (Å²) in [6, 6.07) is 5.82. The van der Waals surface area contributed by atoms with Gasteiger partial charge in [0, 0.05) is 28.4 Å². The molecule has 0 bridgehead atoms. The molecule has 0 amide bonds. The van der Waals surface area contributed by atoms with Crippen LogP contribution in [-0.4, -0.2) is 36.6 Å². The van der Waals surface area contributed by atoms with Crippen molar-refractivity contribution in [3.63, 3.8) is 0 Å². The number of rotatable bonds is 6. The van der Waals surface area contributed by atoms with E-state index < -0.39 is 0 Å². The fraction of sp³-hybridized carbons (Fsp3) is 0.765. The minimum Gasteiger partial charge on any atom is -0.311 e. The van der Waals surface area contributed by atoms with Crippen molar-refractivity contribution in [3.05, 3.63) is 21.9 Å². The van der Waals surface area contributed by atoms with Crippen molar-refractivity contribution in [2.45, 2.75) is 59.0 Å². The van der Waals surface area contributed by atoms with Crippen LogP contribution in [0.15, 0.2) is 12.1 Å². The molecule has 1 N–H and O–H groups in total. The number of aryl methyl sites for hydroxylation is 1. The lowest BCUT2D eigenvalue weighted by molar-refractivity contribution is 0.175. The van der Waals surface area contributed by atoms with Crippen LogP contribution in [-0.2, 0) is 6.42 Å². The van der Waals surface area contributed by atoms with Crippen LogP contribution in [0.2, 0.25) is 0 Å². The lowest BCUT2D eigenvalue weighted by atomic mass is 10.0. The van der Waals surface area contributed by atoms with Crippen LogP contribution in [0, 0.1) is 12.8 Å². The molecule has 2 nitrogen and oxygen atoms in total. The van der Waals surface area contributed by atoms with Gasteiger partial charge in [-0.3, -0.25) is 0 Å². The minimum atomic E-state index is 0.592. The van der Waals surface area contributed by atoms with Crippen LogP contribution in [0.3, 0.4) is 0 Å². The van der Waals surface area contributed by atoms with Crippen LogP contribution in [0.1, 0.15) is 43.4 Å². The summed E-state index contributed by atoms with van der Waals surface area (Å²) in [5.74, 6) is 0.792. The second kappa shape index (κ2) is 7.58. The number of nitrogens with one attached hydrogen (secondary N) is 1. The lowest BCUT2D eigenvalue weighted by Crippen LogP contribution is -2.46. The van der Waals surface area contributed by atoms with Gasteiger partial charge in [0.15, 0.2) is 0 Å². The van der Waals surface area contributed by atoms with Gasteiger partial charge in [0.2, 0.25) is 0 Å². The van der Waals surface area contributed by atoms with Crippen molar-refractivity contribution in [2.24, 2.45) is 5.92 Å². The highest BCUT2D eigenvalue weighted by molar-refractivity contribution is 7.11. The highest BCUT2D eigenvalue weighted by atomic mass is 32.1. The Bertz CT molecular complexity index is 391. The predicted octanol–water partition coefficient (Wildman–Crippen LogP) is 3.70. The number of nitrogens with zero attached hydrogens (tertiary/aromatic N) is 1. The minimum absolute atomic E-state index is 0.592. The number of thiophene rings is 1. The first kappa shape index (κ1) is 16.0. The van der Waals surface area contributed by atoms with Crippen LogP contribution >= 0.6 is 11.3 Å². The van der Waals surface area contributed by atoms with E-state index >= 15 is 0 Å². The zero-order chi connectivity index (χ0) is 14.5. The third-order valence-electron chi connectivity index (χ3n) is 4.03. The van der Waals surface area contributed by atoms with Crippen molar-refractivity contribution in [3.8, 4) is 0 Å². The van der Waals surface area contributed by atoms with E-state index in [0.29, 0.717) is 6.04 Å². The SMILES string of the molecule is Cc1ccc(CC(C)NC2CCN(CC(C)C)CC2)s1. The quantitative estimate of drug-likeness (QED) is 0.860. The third-order valence-corrected chi connectivity index (χ3v) is 5.06. The number of hydrogen-bond acceptors (Lipinski definition) is 3. The lowest BCUT2D eigenvalue weighted by Gasteiger charge is -2.34. The molecule has 2 heterocycles. The van der Waals surface area contributed by atoms with E-state index in [-0.39, 0.29) is 0 Å². The molecule has 20 heavy (non-hydrogen) atoms. The van der Waals surface area contributed by atoms with Gasteiger partial charge in [-0.15, -0.1) is 11.3 Å². The van der Waals surface area contributed by atoms with Gasteiger partial charge < -0.3 is 10.2 Å². The number of piperidine rings is 1. The summed E-state index contributed by atoms with van der Waals surface area (Å²) in [6.07, 6.45) is 3.78. The van der Waals surface area contributed by atoms with Crippen LogP contribution in [0.25, 0.3) is 0 Å². The third kappa shape index (κ3) is 5.19. The summed E-state index contributed by atoms with van der Waals surface area (Å²) in [6.45, 7) is 12.9. The zero-order valence-corrected chi connectivity index (χ0v) is 14.3. The van der Waals surface area contributed by atoms with E-state index in [1.165, 1.54) is 48.7 Å². The van der Waals surface area contributed by atoms with Gasteiger partial charge in [-0.2, -0.15) is 0 Å². The van der Waals surface area contributed by atoms with Crippen molar-refractivity contribution in [1.82, 2.24) is 10.2 Å². The predicted molar refractivity (Wildman–Crippen MR) is 89.7 cm³/mol. The molecule has 1 aromatic rings. The zero-order valence-electron chi connectivity index (χ0n) is 13.5. The monoisotopic (exact) mass is 294 g/mol. The van der Waals surface area contributed by atoms with Gasteiger partial charge in [-0.25, -0.2) is 0 Å². The van der Waals surface area contributed by atoms with Gasteiger partial charge in [-0.05, 0) is 64.3 Å². The molecule has 1 aromatic heterocycles. The Hall–Kier alpha value is -0.380. The van der Waals surface area contributed by atoms with Gasteiger partial charge in [0.1, 0.15) is 0 Å². The highest BCUT2D eigenvalue weighted by Crippen LogP contribution is 2.18. The molecular formula is C17H30N2S. The average molecular weight is 295 g/mol. The first-order valence-corrected chi connectivity index (χ1v) is 8.88. The Morgan fingerprint density at radius 2 is 1.95 bits per heavy atom. The molecule has 1 fully saturated rings. The summed E-state index contributed by atoms with van der Waals surface area (Å²) in [5.41, 5.74) is 0. The molecule has 3 heteroatoms. The second-order valence-corrected chi connectivity index (χ2v) is 8.13. The largest absolute Gasteiger partial charge is 0.311 e. The summed E-state index contributed by atoms with van der Waals surface area (Å²) >= 11 is 1.94. The van der Waals surface area contributed by atoms with Crippen molar-refractivity contribution in [1.29, 1.82) is 0 Å². The molecule has 1 saturated heterocycles. The summed E-state index contributed by atoms with van der Waals surface area (Å²) in [7, 11) is 0. The topological polar surface area (TPSA) is 15.3 Å². The van der Waals surface area contributed by atoms with Gasteiger partial charge >= 0.3 is 0 Å². The highest BCUT2D eigenvalue weighted by Gasteiger charge is 2.20. The Balaban J connectivity index is 1.69. The Kier molecular flexibility index (Phi) is 6.06. The van der Waals surface area contributed by atoms with Gasteiger partial charge in [0.25, 0.3) is 0 Å². The molecule has 0 aromatic carbocycles. The van der Waals surface area contributed by atoms with Crippen molar-refractivity contribution in [2.75, 3.05) is 19.6 Å². The fourth-order valence-electron chi connectivity index (χ4n) is 3.16. The normalized spacial score (nSPS) is 19.6. The smallest absolute Gasteiger partial charge is 0.00940 e. The van der Waals surface area contributed by atoms with E-state index in [2.05, 4.69) is 50.0 Å². The van der Waals surface area contributed by atoms with E-state index in [1.54, 1.807) is 0 Å². The van der Waals surface area contributed by atoms with Gasteiger partial charge in [-0.1, -0.05) is 13.8 Å². The molecule has 1 atom stereocenters. The maximum Gasteiger partial charge on any atom is 0.00940 e. The van der Waals surface area contributed by atoms with Crippen LogP contribution in [0.4, 0.5) is 0 Å². The van der Waals surface area contributed by atoms with E-state index in [0.717, 1.165) is 12.0 Å². The number of hydrogen-bond donors (Lipinski definition) is 1. The molecule has 2 rings (SSSR count).